The maximum atomic E-state index is 4.57. The first-order valence-electron chi connectivity index (χ1n) is 6.14. The second-order valence-electron chi connectivity index (χ2n) is 4.42. The highest BCUT2D eigenvalue weighted by Crippen LogP contribution is 2.30. The average molecular weight is 296 g/mol. The molecule has 2 heterocycles. The van der Waals surface area contributed by atoms with Crippen LogP contribution < -0.4 is 5.32 Å². The highest BCUT2D eigenvalue weighted by atomic mass is 32.2. The summed E-state index contributed by atoms with van der Waals surface area (Å²) in [7, 11) is 0. The van der Waals surface area contributed by atoms with Crippen molar-refractivity contribution in [3.63, 3.8) is 0 Å². The van der Waals surface area contributed by atoms with Crippen LogP contribution in [0.4, 0.5) is 5.69 Å². The SMILES string of the molecule is CSc1nc2ccc(NC3CCCSC3)cc2s1. The zero-order valence-electron chi connectivity index (χ0n) is 10.3. The third-order valence-electron chi connectivity index (χ3n) is 3.07. The lowest BCUT2D eigenvalue weighted by molar-refractivity contribution is 0.685. The summed E-state index contributed by atoms with van der Waals surface area (Å²) in [6, 6.07) is 7.16. The minimum atomic E-state index is 0.633. The van der Waals surface area contributed by atoms with Gasteiger partial charge in [-0.15, -0.1) is 11.3 Å². The van der Waals surface area contributed by atoms with Gasteiger partial charge in [0.2, 0.25) is 0 Å². The van der Waals surface area contributed by atoms with Crippen LogP contribution in [0.3, 0.4) is 0 Å². The molecule has 0 spiro atoms. The number of nitrogens with zero attached hydrogens (tertiary/aromatic N) is 1. The molecule has 1 saturated heterocycles. The van der Waals surface area contributed by atoms with Gasteiger partial charge in [-0.05, 0) is 43.0 Å². The summed E-state index contributed by atoms with van der Waals surface area (Å²) in [4.78, 5) is 4.57. The Morgan fingerprint density at radius 3 is 3.17 bits per heavy atom. The Labute approximate surface area is 120 Å². The summed E-state index contributed by atoms with van der Waals surface area (Å²) in [5.41, 5.74) is 2.36. The molecular formula is C13H16N2S3. The van der Waals surface area contributed by atoms with Crippen LogP contribution >= 0.6 is 34.9 Å². The van der Waals surface area contributed by atoms with Gasteiger partial charge in [-0.3, -0.25) is 0 Å². The minimum Gasteiger partial charge on any atom is -0.381 e. The predicted octanol–water partition coefficient (Wildman–Crippen LogP) is 4.33. The molecule has 1 atom stereocenters. The van der Waals surface area contributed by atoms with Crippen LogP contribution in [0.15, 0.2) is 22.5 Å². The summed E-state index contributed by atoms with van der Waals surface area (Å²) in [5, 5.41) is 3.65. The predicted molar refractivity (Wildman–Crippen MR) is 85.4 cm³/mol. The quantitative estimate of drug-likeness (QED) is 0.852. The van der Waals surface area contributed by atoms with Gasteiger partial charge in [0.05, 0.1) is 10.2 Å². The molecule has 1 fully saturated rings. The second kappa shape index (κ2) is 5.72. The first kappa shape index (κ1) is 12.6. The third-order valence-corrected chi connectivity index (χ3v) is 6.29. The van der Waals surface area contributed by atoms with Crippen LogP contribution in [-0.4, -0.2) is 28.8 Å². The van der Waals surface area contributed by atoms with E-state index >= 15 is 0 Å². The number of rotatable bonds is 3. The van der Waals surface area contributed by atoms with Crippen molar-refractivity contribution in [1.82, 2.24) is 4.98 Å². The van der Waals surface area contributed by atoms with Crippen molar-refractivity contribution in [2.45, 2.75) is 23.2 Å². The van der Waals surface area contributed by atoms with Crippen molar-refractivity contribution < 1.29 is 0 Å². The first-order valence-corrected chi connectivity index (χ1v) is 9.33. The molecule has 3 rings (SSSR count). The topological polar surface area (TPSA) is 24.9 Å². The molecule has 1 aromatic carbocycles. The fraction of sp³-hybridized carbons (Fsp3) is 0.462. The monoisotopic (exact) mass is 296 g/mol. The standard InChI is InChI=1S/C13H16N2S3/c1-16-13-15-11-5-4-9(7-12(11)18-13)14-10-3-2-6-17-8-10/h4-5,7,10,14H,2-3,6,8H2,1H3. The van der Waals surface area contributed by atoms with E-state index in [-0.39, 0.29) is 0 Å². The van der Waals surface area contributed by atoms with Crippen LogP contribution in [0.2, 0.25) is 0 Å². The summed E-state index contributed by atoms with van der Waals surface area (Å²) >= 11 is 5.56. The zero-order valence-corrected chi connectivity index (χ0v) is 12.8. The maximum Gasteiger partial charge on any atom is 0.150 e. The molecule has 1 aliphatic rings. The molecule has 1 N–H and O–H groups in total. The molecule has 2 aromatic rings. The van der Waals surface area contributed by atoms with Gasteiger partial charge in [-0.25, -0.2) is 4.98 Å². The molecule has 1 aliphatic heterocycles. The highest BCUT2D eigenvalue weighted by molar-refractivity contribution is 8.00. The Morgan fingerprint density at radius 1 is 1.44 bits per heavy atom. The van der Waals surface area contributed by atoms with Gasteiger partial charge in [0.1, 0.15) is 0 Å². The lowest BCUT2D eigenvalue weighted by atomic mass is 10.1. The number of aromatic nitrogens is 1. The summed E-state index contributed by atoms with van der Waals surface area (Å²) in [6.45, 7) is 0. The Morgan fingerprint density at radius 2 is 2.39 bits per heavy atom. The smallest absolute Gasteiger partial charge is 0.150 e. The normalized spacial score (nSPS) is 20.2. The van der Waals surface area contributed by atoms with Gasteiger partial charge in [-0.2, -0.15) is 11.8 Å². The molecule has 0 radical (unpaired) electrons. The van der Waals surface area contributed by atoms with E-state index in [0.717, 1.165) is 9.86 Å². The van der Waals surface area contributed by atoms with Crippen molar-refractivity contribution >= 4 is 50.8 Å². The molecule has 5 heteroatoms. The van der Waals surface area contributed by atoms with E-state index < -0.39 is 0 Å². The van der Waals surface area contributed by atoms with E-state index in [2.05, 4.69) is 46.5 Å². The molecule has 96 valence electrons. The van der Waals surface area contributed by atoms with E-state index in [9.17, 15) is 0 Å². The van der Waals surface area contributed by atoms with Gasteiger partial charge in [0, 0.05) is 17.5 Å². The van der Waals surface area contributed by atoms with Crippen LogP contribution in [0, 0.1) is 0 Å². The van der Waals surface area contributed by atoms with Gasteiger partial charge in [-0.1, -0.05) is 11.8 Å². The van der Waals surface area contributed by atoms with Gasteiger partial charge < -0.3 is 5.32 Å². The van der Waals surface area contributed by atoms with Gasteiger partial charge in [0.15, 0.2) is 4.34 Å². The molecule has 0 aliphatic carbocycles. The van der Waals surface area contributed by atoms with Crippen LogP contribution in [0.5, 0.6) is 0 Å². The van der Waals surface area contributed by atoms with Crippen molar-refractivity contribution in [3.8, 4) is 0 Å². The summed E-state index contributed by atoms with van der Waals surface area (Å²) in [5.74, 6) is 2.56. The Hall–Kier alpha value is -0.390. The first-order chi connectivity index (χ1) is 8.85. The third kappa shape index (κ3) is 2.78. The van der Waals surface area contributed by atoms with Crippen molar-refractivity contribution in [2.24, 2.45) is 0 Å². The number of anilines is 1. The fourth-order valence-electron chi connectivity index (χ4n) is 2.17. The molecule has 0 saturated carbocycles. The van der Waals surface area contributed by atoms with E-state index in [0.29, 0.717) is 6.04 Å². The molecule has 2 nitrogen and oxygen atoms in total. The Kier molecular flexibility index (Phi) is 4.01. The molecule has 0 bridgehead atoms. The number of hydrogen-bond donors (Lipinski definition) is 1. The van der Waals surface area contributed by atoms with Crippen LogP contribution in [0.1, 0.15) is 12.8 Å². The number of nitrogens with one attached hydrogen (secondary N) is 1. The number of thioether (sulfide) groups is 2. The van der Waals surface area contributed by atoms with E-state index in [1.54, 1.807) is 23.1 Å². The Balaban J connectivity index is 1.79. The molecular weight excluding hydrogens is 280 g/mol. The van der Waals surface area contributed by atoms with Crippen LogP contribution in [-0.2, 0) is 0 Å². The van der Waals surface area contributed by atoms with Crippen LogP contribution in [0.25, 0.3) is 10.2 Å². The average Bonchev–Trinajstić information content (AvgIpc) is 2.82. The fourth-order valence-corrected chi connectivity index (χ4v) is 4.77. The second-order valence-corrected chi connectivity index (χ2v) is 7.66. The van der Waals surface area contributed by atoms with E-state index in [1.165, 1.54) is 34.7 Å². The van der Waals surface area contributed by atoms with Gasteiger partial charge >= 0.3 is 0 Å². The van der Waals surface area contributed by atoms with E-state index in [1.807, 2.05) is 0 Å². The Bertz CT molecular complexity index is 532. The highest BCUT2D eigenvalue weighted by Gasteiger charge is 2.13. The minimum absolute atomic E-state index is 0.633. The van der Waals surface area contributed by atoms with Crippen molar-refractivity contribution in [1.29, 1.82) is 0 Å². The van der Waals surface area contributed by atoms with Crippen molar-refractivity contribution in [2.75, 3.05) is 23.1 Å². The molecule has 1 aromatic heterocycles. The van der Waals surface area contributed by atoms with Gasteiger partial charge in [0.25, 0.3) is 0 Å². The summed E-state index contributed by atoms with van der Waals surface area (Å²) < 4.78 is 2.43. The lowest BCUT2D eigenvalue weighted by Gasteiger charge is -2.23. The largest absolute Gasteiger partial charge is 0.381 e. The maximum absolute atomic E-state index is 4.57. The number of fused-ring (bicyclic) bond motifs is 1. The number of benzene rings is 1. The summed E-state index contributed by atoms with van der Waals surface area (Å²) in [6.07, 6.45) is 4.71. The van der Waals surface area contributed by atoms with Crippen molar-refractivity contribution in [3.05, 3.63) is 18.2 Å². The van der Waals surface area contributed by atoms with E-state index in [4.69, 9.17) is 0 Å². The molecule has 1 unspecified atom stereocenters. The molecule has 0 amide bonds. The number of thiazole rings is 1. The lowest BCUT2D eigenvalue weighted by Crippen LogP contribution is -2.25. The zero-order chi connectivity index (χ0) is 12.4. The number of hydrogen-bond acceptors (Lipinski definition) is 5. The molecule has 18 heavy (non-hydrogen) atoms.